The molecule has 27 heavy (non-hydrogen) atoms. The number of β-lactam (4-membered cyclic amide) rings is 1. The van der Waals surface area contributed by atoms with Crippen LogP contribution in [-0.2, 0) is 9.53 Å². The third kappa shape index (κ3) is 2.67. The Balaban J connectivity index is 2.01. The van der Waals surface area contributed by atoms with E-state index in [0.29, 0.717) is 11.1 Å². The first-order chi connectivity index (χ1) is 12.4. The van der Waals surface area contributed by atoms with E-state index in [2.05, 4.69) is 33.9 Å². The van der Waals surface area contributed by atoms with Crippen molar-refractivity contribution >= 4 is 26.0 Å². The van der Waals surface area contributed by atoms with Crippen LogP contribution in [0.25, 0.3) is 0 Å². The zero-order valence-corrected chi connectivity index (χ0v) is 18.1. The first kappa shape index (κ1) is 19.8. The molecule has 0 spiro atoms. The maximum absolute atomic E-state index is 13.3. The molecule has 2 aliphatic rings. The number of hydrogen-bond acceptors (Lipinski definition) is 4. The molecule has 0 radical (unpaired) electrons. The second-order valence-electron chi connectivity index (χ2n) is 8.92. The molecule has 1 aromatic carbocycles. The van der Waals surface area contributed by atoms with Crippen LogP contribution in [0.5, 0.6) is 0 Å². The minimum Gasteiger partial charge on any atom is -0.380 e. The largest absolute Gasteiger partial charge is 0.380 e. The second-order valence-corrected chi connectivity index (χ2v) is 14.0. The van der Waals surface area contributed by atoms with Gasteiger partial charge >= 0.3 is 0 Å². The molecule has 6 nitrogen and oxygen atoms in total. The molecule has 2 aliphatic heterocycles. The molecule has 0 N–H and O–H groups in total. The number of hydrogen-bond donors (Lipinski definition) is 0. The Kier molecular flexibility index (Phi) is 4.59. The van der Waals surface area contributed by atoms with Crippen LogP contribution in [-0.4, -0.2) is 60.7 Å². The van der Waals surface area contributed by atoms with Crippen LogP contribution in [0.15, 0.2) is 24.3 Å². The fraction of sp³-hybridized carbons (Fsp3) is 0.550. The summed E-state index contributed by atoms with van der Waals surface area (Å²) in [5.41, 5.74) is 0.731. The molecule has 3 amide bonds. The van der Waals surface area contributed by atoms with Gasteiger partial charge < -0.3 is 9.30 Å². The van der Waals surface area contributed by atoms with E-state index in [1.54, 1.807) is 31.4 Å². The van der Waals surface area contributed by atoms with Crippen molar-refractivity contribution in [2.45, 2.75) is 64.0 Å². The van der Waals surface area contributed by atoms with Crippen LogP contribution in [0, 0.1) is 0 Å². The summed E-state index contributed by atoms with van der Waals surface area (Å²) in [7, 11) is -0.595. The molecule has 1 aromatic rings. The molecule has 0 aromatic heterocycles. The predicted octanol–water partition coefficient (Wildman–Crippen LogP) is 2.90. The van der Waals surface area contributed by atoms with Crippen molar-refractivity contribution in [1.29, 1.82) is 0 Å². The molecule has 146 valence electrons. The molecule has 0 unspecified atom stereocenters. The van der Waals surface area contributed by atoms with Crippen LogP contribution in [0.3, 0.4) is 0 Å². The molecule has 7 heteroatoms. The number of rotatable bonds is 4. The van der Waals surface area contributed by atoms with Crippen LogP contribution in [0.4, 0.5) is 0 Å². The van der Waals surface area contributed by atoms with Crippen LogP contribution < -0.4 is 0 Å². The van der Waals surface area contributed by atoms with Crippen LogP contribution in [0.1, 0.15) is 48.4 Å². The zero-order valence-electron chi connectivity index (χ0n) is 17.1. The highest BCUT2D eigenvalue weighted by molar-refractivity contribution is 6.80. The smallest absolute Gasteiger partial charge is 0.262 e. The van der Waals surface area contributed by atoms with Gasteiger partial charge in [0.25, 0.3) is 11.8 Å². The van der Waals surface area contributed by atoms with Gasteiger partial charge in [-0.1, -0.05) is 46.0 Å². The molecule has 3 rings (SSSR count). The average Bonchev–Trinajstić information content (AvgIpc) is 2.83. The Hall–Kier alpha value is -1.99. The summed E-state index contributed by atoms with van der Waals surface area (Å²) in [6, 6.07) is 5.60. The summed E-state index contributed by atoms with van der Waals surface area (Å²) < 4.78 is 7.48. The van der Waals surface area contributed by atoms with Gasteiger partial charge in [-0.2, -0.15) is 0 Å². The number of imide groups is 1. The third-order valence-electron chi connectivity index (χ3n) is 6.51. The van der Waals surface area contributed by atoms with Gasteiger partial charge in [-0.25, -0.2) is 0 Å². The third-order valence-corrected chi connectivity index (χ3v) is 11.9. The summed E-state index contributed by atoms with van der Waals surface area (Å²) in [6.07, 6.45) is -0.286. The van der Waals surface area contributed by atoms with Crippen molar-refractivity contribution < 1.29 is 19.1 Å². The Labute approximate surface area is 161 Å². The first-order valence-electron chi connectivity index (χ1n) is 9.28. The van der Waals surface area contributed by atoms with E-state index >= 15 is 0 Å². The molecular formula is C20H28N2O4Si. The minimum atomic E-state index is -2.19. The lowest BCUT2D eigenvalue weighted by molar-refractivity contribution is -0.154. The Bertz CT molecular complexity index is 779. The Morgan fingerprint density at radius 1 is 1.04 bits per heavy atom. The van der Waals surface area contributed by atoms with Crippen molar-refractivity contribution in [1.82, 2.24) is 9.47 Å². The molecule has 1 saturated heterocycles. The summed E-state index contributed by atoms with van der Waals surface area (Å²) in [4.78, 5) is 40.2. The van der Waals surface area contributed by atoms with Crippen LogP contribution >= 0.6 is 0 Å². The molecule has 2 heterocycles. The standard InChI is InChI=1S/C20H28N2O4Si/c1-12(26-5)15-16(19(25)22(15)27(6,7)20(2,3)4)21-17(23)13-10-8-9-11-14(13)18(21)24/h8-12,15-16H,1-7H3/t12-,15+,16+/m0/s1. The molecule has 0 bridgehead atoms. The highest BCUT2D eigenvalue weighted by atomic mass is 28.3. The fourth-order valence-electron chi connectivity index (χ4n) is 3.83. The maximum Gasteiger partial charge on any atom is 0.262 e. The average molecular weight is 389 g/mol. The summed E-state index contributed by atoms with van der Waals surface area (Å²) >= 11 is 0. The van der Waals surface area contributed by atoms with E-state index in [1.807, 2.05) is 11.5 Å². The fourth-order valence-corrected chi connectivity index (χ4v) is 6.34. The summed E-state index contributed by atoms with van der Waals surface area (Å²) in [6.45, 7) is 12.6. The number of fused-ring (bicyclic) bond motifs is 1. The van der Waals surface area contributed by atoms with Gasteiger partial charge in [0.15, 0.2) is 8.24 Å². The first-order valence-corrected chi connectivity index (χ1v) is 12.2. The van der Waals surface area contributed by atoms with Gasteiger partial charge in [0, 0.05) is 7.11 Å². The number of nitrogens with zero attached hydrogens (tertiary/aromatic N) is 2. The minimum absolute atomic E-state index is 0.0542. The lowest BCUT2D eigenvalue weighted by Crippen LogP contribution is -2.81. The maximum atomic E-state index is 13.3. The zero-order chi connectivity index (χ0) is 20.3. The number of methoxy groups -OCH3 is 1. The monoisotopic (exact) mass is 388 g/mol. The highest BCUT2D eigenvalue weighted by Gasteiger charge is 2.63. The van der Waals surface area contributed by atoms with Crippen molar-refractivity contribution in [3.8, 4) is 0 Å². The van der Waals surface area contributed by atoms with Crippen molar-refractivity contribution in [3.05, 3.63) is 35.4 Å². The Morgan fingerprint density at radius 2 is 1.52 bits per heavy atom. The number of benzene rings is 1. The van der Waals surface area contributed by atoms with Gasteiger partial charge in [-0.05, 0) is 24.1 Å². The van der Waals surface area contributed by atoms with E-state index in [0.717, 1.165) is 4.90 Å². The summed E-state index contributed by atoms with van der Waals surface area (Å²) in [5.74, 6) is -0.931. The molecule has 0 saturated carbocycles. The highest BCUT2D eigenvalue weighted by Crippen LogP contribution is 2.46. The second kappa shape index (κ2) is 6.27. The van der Waals surface area contributed by atoms with Crippen molar-refractivity contribution in [2.75, 3.05) is 7.11 Å². The predicted molar refractivity (Wildman–Crippen MR) is 105 cm³/mol. The van der Waals surface area contributed by atoms with Gasteiger partial charge in [0.2, 0.25) is 5.91 Å². The normalized spacial score (nSPS) is 24.2. The molecule has 0 aliphatic carbocycles. The number of amides is 3. The molecular weight excluding hydrogens is 360 g/mol. The number of ether oxygens (including phenoxy) is 1. The SMILES string of the molecule is CO[C@@H](C)[C@@H]1[C@@H](N2C(=O)c3ccccc3C2=O)C(=O)N1[Si](C)(C)C(C)(C)C. The van der Waals surface area contributed by atoms with Gasteiger partial charge in [-0.15, -0.1) is 0 Å². The topological polar surface area (TPSA) is 66.9 Å². The van der Waals surface area contributed by atoms with Gasteiger partial charge in [-0.3, -0.25) is 19.3 Å². The van der Waals surface area contributed by atoms with E-state index in [-0.39, 0.29) is 23.1 Å². The van der Waals surface area contributed by atoms with E-state index in [1.165, 1.54) is 0 Å². The Morgan fingerprint density at radius 3 is 1.93 bits per heavy atom. The molecule has 3 atom stereocenters. The van der Waals surface area contributed by atoms with Gasteiger partial charge in [0.05, 0.1) is 23.3 Å². The van der Waals surface area contributed by atoms with Gasteiger partial charge in [0.1, 0.15) is 6.04 Å². The molecule has 1 fully saturated rings. The number of carbonyl (C=O) groups is 3. The number of carbonyl (C=O) groups excluding carboxylic acids is 3. The lowest BCUT2D eigenvalue weighted by Gasteiger charge is -2.60. The summed E-state index contributed by atoms with van der Waals surface area (Å²) in [5, 5.41) is -0.0542. The lowest BCUT2D eigenvalue weighted by atomic mass is 9.92. The van der Waals surface area contributed by atoms with Crippen LogP contribution in [0.2, 0.25) is 18.1 Å². The van der Waals surface area contributed by atoms with Crippen molar-refractivity contribution in [2.24, 2.45) is 0 Å². The van der Waals surface area contributed by atoms with E-state index < -0.39 is 26.1 Å². The van der Waals surface area contributed by atoms with Crippen molar-refractivity contribution in [3.63, 3.8) is 0 Å². The quantitative estimate of drug-likeness (QED) is 0.452. The van der Waals surface area contributed by atoms with E-state index in [4.69, 9.17) is 4.74 Å². The van der Waals surface area contributed by atoms with E-state index in [9.17, 15) is 14.4 Å².